The first kappa shape index (κ1) is 23.1. The van der Waals surface area contributed by atoms with Gasteiger partial charge in [-0.05, 0) is 66.9 Å². The summed E-state index contributed by atoms with van der Waals surface area (Å²) < 4.78 is 11.6. The van der Waals surface area contributed by atoms with E-state index in [1.165, 1.54) is 69.8 Å². The molecule has 0 spiro atoms. The van der Waals surface area contributed by atoms with Gasteiger partial charge in [-0.2, -0.15) is 0 Å². The molecule has 0 bridgehead atoms. The maximum Gasteiger partial charge on any atom is 0.129 e. The van der Waals surface area contributed by atoms with E-state index in [0.717, 1.165) is 28.4 Å². The van der Waals surface area contributed by atoms with Crippen LogP contribution in [0.1, 0.15) is 76.7 Å². The van der Waals surface area contributed by atoms with Gasteiger partial charge in [-0.15, -0.1) is 0 Å². The van der Waals surface area contributed by atoms with Gasteiger partial charge in [-0.1, -0.05) is 77.3 Å². The largest absolute Gasteiger partial charge is 0.496 e. The van der Waals surface area contributed by atoms with Crippen LogP contribution in [0.25, 0.3) is 5.57 Å². The Bertz CT molecular complexity index is 734. The normalized spacial score (nSPS) is 20.1. The number of benzene rings is 1. The summed E-state index contributed by atoms with van der Waals surface area (Å²) in [6, 6.07) is 9.08. The van der Waals surface area contributed by atoms with Gasteiger partial charge >= 0.3 is 0 Å². The maximum absolute atomic E-state index is 5.81. The molecule has 3 rings (SSSR count). The van der Waals surface area contributed by atoms with Gasteiger partial charge in [0.2, 0.25) is 0 Å². The van der Waals surface area contributed by atoms with Gasteiger partial charge in [0.05, 0.1) is 19.8 Å². The van der Waals surface area contributed by atoms with Crippen LogP contribution in [0.2, 0.25) is 0 Å². The van der Waals surface area contributed by atoms with Crippen molar-refractivity contribution in [1.82, 2.24) is 0 Å². The third-order valence-corrected chi connectivity index (χ3v) is 10.3. The lowest BCUT2D eigenvalue weighted by Crippen LogP contribution is -2.28. The van der Waals surface area contributed by atoms with Crippen LogP contribution in [0.5, 0.6) is 0 Å². The molecule has 0 atom stereocenters. The lowest BCUT2D eigenvalue weighted by atomic mass is 9.99. The minimum atomic E-state index is -0.222. The molecule has 2 aliphatic rings. The summed E-state index contributed by atoms with van der Waals surface area (Å²) in [7, 11) is 3.26. The second kappa shape index (κ2) is 11.8. The molecule has 0 radical (unpaired) electrons. The van der Waals surface area contributed by atoms with Crippen molar-refractivity contribution in [3.8, 4) is 0 Å². The van der Waals surface area contributed by atoms with Crippen LogP contribution in [-0.4, -0.2) is 25.5 Å². The fourth-order valence-electron chi connectivity index (χ4n) is 5.36. The van der Waals surface area contributed by atoms with Crippen LogP contribution in [0, 0.1) is 0 Å². The molecule has 0 N–H and O–H groups in total. The van der Waals surface area contributed by atoms with Gasteiger partial charge in [0, 0.05) is 0 Å². The average molecular weight is 427 g/mol. The topological polar surface area (TPSA) is 18.5 Å². The first-order chi connectivity index (χ1) is 14.7. The monoisotopic (exact) mass is 426 g/mol. The molecule has 1 aromatic rings. The van der Waals surface area contributed by atoms with E-state index in [2.05, 4.69) is 30.8 Å². The van der Waals surface area contributed by atoms with E-state index in [9.17, 15) is 0 Å². The predicted molar refractivity (Wildman–Crippen MR) is 132 cm³/mol. The quantitative estimate of drug-likeness (QED) is 0.243. The molecule has 0 heterocycles. The number of ether oxygens (including phenoxy) is 2. The van der Waals surface area contributed by atoms with E-state index < -0.39 is 0 Å². The maximum atomic E-state index is 5.81. The van der Waals surface area contributed by atoms with E-state index in [1.54, 1.807) is 19.5 Å². The Hall–Kier alpha value is -1.53. The molecule has 0 unspecified atom stereocenters. The standard InChI is InChI=1S/C27H39O2P/c1-5-24(28-3)27(25(6-2)29-4)23-19-13-14-20-26(23)30(21-15-9-7-10-16-21)22-17-11-8-12-18-22/h5-6,13-14,19-22H,1,7-12,15-18H2,2-4H3/b25-6+,27-24+. The zero-order chi connectivity index (χ0) is 21.3. The molecule has 0 aromatic heterocycles. The molecule has 2 nitrogen and oxygen atoms in total. The zero-order valence-corrected chi connectivity index (χ0v) is 20.1. The van der Waals surface area contributed by atoms with Crippen molar-refractivity contribution >= 4 is 18.8 Å². The fraction of sp³-hybridized carbons (Fsp3) is 0.556. The molecule has 0 saturated heterocycles. The Kier molecular flexibility index (Phi) is 9.06. The smallest absolute Gasteiger partial charge is 0.129 e. The van der Waals surface area contributed by atoms with Gasteiger partial charge < -0.3 is 9.47 Å². The van der Waals surface area contributed by atoms with Crippen LogP contribution in [0.3, 0.4) is 0 Å². The van der Waals surface area contributed by atoms with E-state index >= 15 is 0 Å². The van der Waals surface area contributed by atoms with E-state index in [-0.39, 0.29) is 7.92 Å². The number of methoxy groups -OCH3 is 2. The summed E-state index contributed by atoms with van der Waals surface area (Å²) in [6.07, 6.45) is 17.9. The summed E-state index contributed by atoms with van der Waals surface area (Å²) in [6.45, 7) is 6.05. The minimum Gasteiger partial charge on any atom is -0.496 e. The van der Waals surface area contributed by atoms with Crippen molar-refractivity contribution in [3.05, 3.63) is 60.1 Å². The lowest BCUT2D eigenvalue weighted by molar-refractivity contribution is 0.291. The summed E-state index contributed by atoms with van der Waals surface area (Å²) in [5.74, 6) is 1.65. The predicted octanol–water partition coefficient (Wildman–Crippen LogP) is 7.55. The summed E-state index contributed by atoms with van der Waals surface area (Å²) >= 11 is 0. The Balaban J connectivity index is 2.15. The average Bonchev–Trinajstić information content (AvgIpc) is 2.81. The van der Waals surface area contributed by atoms with Crippen molar-refractivity contribution in [2.24, 2.45) is 0 Å². The van der Waals surface area contributed by atoms with Gasteiger partial charge in [-0.25, -0.2) is 0 Å². The molecular weight excluding hydrogens is 387 g/mol. The van der Waals surface area contributed by atoms with Crippen molar-refractivity contribution in [3.63, 3.8) is 0 Å². The third-order valence-electron chi connectivity index (χ3n) is 6.77. The number of hydrogen-bond donors (Lipinski definition) is 0. The van der Waals surface area contributed by atoms with Gasteiger partial charge in [0.15, 0.2) is 0 Å². The fourth-order valence-corrected chi connectivity index (χ4v) is 9.31. The van der Waals surface area contributed by atoms with Crippen molar-refractivity contribution in [1.29, 1.82) is 0 Å². The minimum absolute atomic E-state index is 0.222. The molecule has 0 aliphatic heterocycles. The number of allylic oxidation sites excluding steroid dienone is 3. The third kappa shape index (κ3) is 5.20. The molecule has 2 saturated carbocycles. The lowest BCUT2D eigenvalue weighted by Gasteiger charge is -2.40. The second-order valence-corrected chi connectivity index (χ2v) is 11.3. The first-order valence-corrected chi connectivity index (χ1v) is 13.2. The highest BCUT2D eigenvalue weighted by molar-refractivity contribution is 7.67. The molecule has 1 aromatic carbocycles. The highest BCUT2D eigenvalue weighted by Crippen LogP contribution is 2.56. The van der Waals surface area contributed by atoms with Crippen molar-refractivity contribution < 1.29 is 9.47 Å². The van der Waals surface area contributed by atoms with Crippen LogP contribution in [0.4, 0.5) is 0 Å². The van der Waals surface area contributed by atoms with Gasteiger partial charge in [0.1, 0.15) is 11.5 Å². The van der Waals surface area contributed by atoms with Crippen LogP contribution in [0.15, 0.2) is 54.5 Å². The molecule has 0 amide bonds. The van der Waals surface area contributed by atoms with Gasteiger partial charge in [-0.3, -0.25) is 0 Å². The Morgan fingerprint density at radius 2 is 1.47 bits per heavy atom. The second-order valence-electron chi connectivity index (χ2n) is 8.51. The van der Waals surface area contributed by atoms with Crippen molar-refractivity contribution in [2.45, 2.75) is 82.4 Å². The summed E-state index contributed by atoms with van der Waals surface area (Å²) in [5, 5.41) is 1.55. The Morgan fingerprint density at radius 1 is 0.900 bits per heavy atom. The van der Waals surface area contributed by atoms with E-state index in [1.807, 2.05) is 19.1 Å². The SMILES string of the molecule is C=C/C(OC)=C(\C(=C/C)OC)c1ccccc1P(C1CCCCC1)C1CCCCC1. The molecule has 3 heteroatoms. The van der Waals surface area contributed by atoms with Crippen LogP contribution in [-0.2, 0) is 9.47 Å². The molecule has 2 aliphatic carbocycles. The molecular formula is C27H39O2P. The van der Waals surface area contributed by atoms with Crippen molar-refractivity contribution in [2.75, 3.05) is 14.2 Å². The highest BCUT2D eigenvalue weighted by Gasteiger charge is 2.34. The Labute approximate surface area is 185 Å². The van der Waals surface area contributed by atoms with E-state index in [0.29, 0.717) is 0 Å². The number of rotatable bonds is 8. The number of hydrogen-bond acceptors (Lipinski definition) is 2. The summed E-state index contributed by atoms with van der Waals surface area (Å²) in [4.78, 5) is 0. The van der Waals surface area contributed by atoms with Crippen LogP contribution < -0.4 is 5.30 Å². The first-order valence-electron chi connectivity index (χ1n) is 11.7. The summed E-state index contributed by atoms with van der Waals surface area (Å²) in [5.41, 5.74) is 4.04. The Morgan fingerprint density at radius 3 is 1.93 bits per heavy atom. The van der Waals surface area contributed by atoms with Gasteiger partial charge in [0.25, 0.3) is 0 Å². The van der Waals surface area contributed by atoms with Crippen LogP contribution >= 0.6 is 7.92 Å². The highest BCUT2D eigenvalue weighted by atomic mass is 31.1. The zero-order valence-electron chi connectivity index (χ0n) is 19.2. The molecule has 164 valence electrons. The van der Waals surface area contributed by atoms with E-state index in [4.69, 9.17) is 9.47 Å². The molecule has 2 fully saturated rings. The molecule has 30 heavy (non-hydrogen) atoms.